The molecule has 0 radical (unpaired) electrons. The van der Waals surface area contributed by atoms with Crippen LogP contribution in [-0.2, 0) is 45.8 Å². The number of hydrogen-bond acceptors (Lipinski definition) is 3. The van der Waals surface area contributed by atoms with E-state index in [1.54, 1.807) is 0 Å². The Bertz CT molecular complexity index is 3100. The molecule has 7 aromatic carbocycles. The van der Waals surface area contributed by atoms with E-state index in [4.69, 9.17) is 4.98 Å². The molecule has 0 unspecified atom stereocenters. The minimum Gasteiger partial charge on any atom is -0.305 e. The first-order chi connectivity index (χ1) is 32.5. The van der Waals surface area contributed by atoms with Gasteiger partial charge >= 0.3 is 20.1 Å². The molecular weight excluding hydrogens is 991 g/mol. The molecule has 4 heteroatoms. The van der Waals surface area contributed by atoms with Crippen molar-refractivity contribution in [2.24, 2.45) is 0 Å². The van der Waals surface area contributed by atoms with Crippen LogP contribution in [-0.4, -0.2) is 15.0 Å². The van der Waals surface area contributed by atoms with Gasteiger partial charge in [-0.3, -0.25) is 0 Å². The first kappa shape index (κ1) is 44.8. The van der Waals surface area contributed by atoms with Gasteiger partial charge in [-0.05, 0) is 112 Å². The minimum absolute atomic E-state index is 0. The first-order valence-electron chi connectivity index (χ1n) is 22.7. The van der Waals surface area contributed by atoms with E-state index in [1.807, 2.05) is 67.1 Å². The number of pyridine rings is 3. The summed E-state index contributed by atoms with van der Waals surface area (Å²) >= 11 is 0. The van der Waals surface area contributed by atoms with Crippen LogP contribution in [0.5, 0.6) is 0 Å². The maximum Gasteiger partial charge on any atom is 3.00 e. The molecule has 0 aliphatic heterocycles. The minimum atomic E-state index is 0. The normalized spacial score (nSPS) is 11.0. The number of nitrogens with zero attached hydrogens (tertiary/aromatic N) is 3. The fraction of sp³-hybridized carbons (Fsp3) is 0.0952. The van der Waals surface area contributed by atoms with E-state index in [0.717, 1.165) is 76.1 Å². The van der Waals surface area contributed by atoms with Gasteiger partial charge < -0.3 is 15.0 Å². The maximum absolute atomic E-state index is 4.72. The Morgan fingerprint density at radius 2 is 0.776 bits per heavy atom. The average Bonchev–Trinajstić information content (AvgIpc) is 3.39. The Balaban J connectivity index is 0.00000562. The van der Waals surface area contributed by atoms with E-state index < -0.39 is 0 Å². The second-order valence-corrected chi connectivity index (χ2v) is 17.0. The van der Waals surface area contributed by atoms with Crippen molar-refractivity contribution in [3.05, 3.63) is 258 Å². The van der Waals surface area contributed by atoms with Gasteiger partial charge in [-0.15, -0.1) is 94.5 Å². The molecule has 3 heterocycles. The first-order valence-corrected chi connectivity index (χ1v) is 22.7. The number of benzene rings is 7. The zero-order chi connectivity index (χ0) is 44.7. The fourth-order valence-electron chi connectivity index (χ4n) is 8.75. The van der Waals surface area contributed by atoms with Crippen LogP contribution >= 0.6 is 0 Å². The summed E-state index contributed by atoms with van der Waals surface area (Å²) in [5.41, 5.74) is 22.8. The van der Waals surface area contributed by atoms with Crippen molar-refractivity contribution < 1.29 is 20.1 Å². The molecule has 0 spiro atoms. The zero-order valence-corrected chi connectivity index (χ0v) is 40.0. The maximum atomic E-state index is 4.72. The predicted octanol–water partition coefficient (Wildman–Crippen LogP) is 15.1. The number of hydrogen-bond donors (Lipinski definition) is 0. The second kappa shape index (κ2) is 20.9. The van der Waals surface area contributed by atoms with Crippen LogP contribution in [0.2, 0.25) is 0 Å². The van der Waals surface area contributed by atoms with Gasteiger partial charge in [-0.1, -0.05) is 151 Å². The molecule has 67 heavy (non-hydrogen) atoms. The van der Waals surface area contributed by atoms with E-state index in [0.29, 0.717) is 0 Å². The molecule has 3 aromatic heterocycles. The standard InChI is InChI=1S/C63H48N3.Ir/c1-44-38-58(60(39-45(44)2)57-34-33-55(63-16-8-11-37-66-63)43-59(57)52-31-29-51(30-32-52)50-12-4-3-5-13-50)56-41-48(19-17-46-21-25-53(26-22-46)61-14-6-9-35-64-61)40-49(42-56)20-18-47-23-27-54(28-24-47)62-15-7-10-36-65-62;/h3-16,21-25,27,29-32,34-43H,17-20H2,1-2H3;/q-3;+3. The molecule has 0 aliphatic rings. The summed E-state index contributed by atoms with van der Waals surface area (Å²) in [4.78, 5) is 13.8. The molecule has 0 saturated carbocycles. The molecule has 0 aliphatic carbocycles. The Hall–Kier alpha value is -7.36. The number of aromatic nitrogens is 3. The Labute approximate surface area is 408 Å². The summed E-state index contributed by atoms with van der Waals surface area (Å²) in [5, 5.41) is 0. The van der Waals surface area contributed by atoms with Crippen molar-refractivity contribution in [1.29, 1.82) is 0 Å². The third-order valence-corrected chi connectivity index (χ3v) is 12.5. The Morgan fingerprint density at radius 1 is 0.328 bits per heavy atom. The van der Waals surface area contributed by atoms with Crippen molar-refractivity contribution in [3.63, 3.8) is 0 Å². The van der Waals surface area contributed by atoms with Crippen LogP contribution in [0.1, 0.15) is 33.4 Å². The van der Waals surface area contributed by atoms with Gasteiger partial charge in [0.2, 0.25) is 0 Å². The zero-order valence-electron chi connectivity index (χ0n) is 37.6. The molecule has 10 aromatic rings. The van der Waals surface area contributed by atoms with Gasteiger partial charge in [0.25, 0.3) is 0 Å². The molecule has 3 nitrogen and oxygen atoms in total. The second-order valence-electron chi connectivity index (χ2n) is 17.0. The van der Waals surface area contributed by atoms with Crippen LogP contribution in [0.15, 0.2) is 207 Å². The fourth-order valence-corrected chi connectivity index (χ4v) is 8.75. The van der Waals surface area contributed by atoms with Gasteiger partial charge in [-0.2, -0.15) is 0 Å². The van der Waals surface area contributed by atoms with Crippen molar-refractivity contribution >= 4 is 0 Å². The molecular formula is C63H48IrN3. The Kier molecular flexibility index (Phi) is 14.0. The number of rotatable bonds is 13. The predicted molar refractivity (Wildman–Crippen MR) is 272 cm³/mol. The molecule has 0 fully saturated rings. The van der Waals surface area contributed by atoms with Crippen LogP contribution in [0.3, 0.4) is 0 Å². The molecule has 324 valence electrons. The number of aryl methyl sites for hydroxylation is 6. The Morgan fingerprint density at radius 3 is 1.28 bits per heavy atom. The molecule has 0 atom stereocenters. The van der Waals surface area contributed by atoms with Crippen LogP contribution in [0, 0.1) is 32.0 Å². The summed E-state index contributed by atoms with van der Waals surface area (Å²) in [6, 6.07) is 77.7. The molecule has 0 amide bonds. The summed E-state index contributed by atoms with van der Waals surface area (Å²) in [7, 11) is 0. The SMILES string of the molecule is Cc1cc(-c2cc(CCc3c[c-]c(-c4ccccn4)cc3)cc(CCc3c[c-]c(-c4ccccn4)cc3)c2)c(-c2c[c-]c(-c3ccccn3)cc2-c2ccc(-c3ccccc3)cc2)cc1C.[Ir+3]. The molecule has 0 N–H and O–H groups in total. The van der Waals surface area contributed by atoms with Crippen molar-refractivity contribution in [1.82, 2.24) is 15.0 Å². The van der Waals surface area contributed by atoms with E-state index in [1.165, 1.54) is 61.2 Å². The van der Waals surface area contributed by atoms with Crippen molar-refractivity contribution in [2.45, 2.75) is 39.5 Å². The third kappa shape index (κ3) is 10.5. The van der Waals surface area contributed by atoms with E-state index in [2.05, 4.69) is 182 Å². The van der Waals surface area contributed by atoms with Gasteiger partial charge in [0.05, 0.1) is 0 Å². The average molecular weight is 1040 g/mol. The smallest absolute Gasteiger partial charge is 0.305 e. The van der Waals surface area contributed by atoms with Crippen molar-refractivity contribution in [2.75, 3.05) is 0 Å². The largest absolute Gasteiger partial charge is 3.00 e. The van der Waals surface area contributed by atoms with Crippen molar-refractivity contribution in [3.8, 4) is 78.3 Å². The van der Waals surface area contributed by atoms with Gasteiger partial charge in [0.15, 0.2) is 0 Å². The summed E-state index contributed by atoms with van der Waals surface area (Å²) in [6.07, 6.45) is 9.11. The summed E-state index contributed by atoms with van der Waals surface area (Å²) in [5.74, 6) is 0. The molecule has 10 rings (SSSR count). The van der Waals surface area contributed by atoms with Gasteiger partial charge in [0, 0.05) is 18.6 Å². The quantitative estimate of drug-likeness (QED) is 0.108. The van der Waals surface area contributed by atoms with Gasteiger partial charge in [0.1, 0.15) is 0 Å². The van der Waals surface area contributed by atoms with E-state index >= 15 is 0 Å². The van der Waals surface area contributed by atoms with Crippen LogP contribution < -0.4 is 0 Å². The van der Waals surface area contributed by atoms with E-state index in [-0.39, 0.29) is 20.1 Å². The van der Waals surface area contributed by atoms with Crippen LogP contribution in [0.25, 0.3) is 78.3 Å². The van der Waals surface area contributed by atoms with Gasteiger partial charge in [-0.25, -0.2) is 0 Å². The van der Waals surface area contributed by atoms with E-state index in [9.17, 15) is 0 Å². The third-order valence-electron chi connectivity index (χ3n) is 12.5. The summed E-state index contributed by atoms with van der Waals surface area (Å²) < 4.78 is 0. The molecule has 0 saturated heterocycles. The summed E-state index contributed by atoms with van der Waals surface area (Å²) in [6.45, 7) is 4.44. The van der Waals surface area contributed by atoms with Crippen LogP contribution in [0.4, 0.5) is 0 Å². The topological polar surface area (TPSA) is 38.7 Å². The molecule has 0 bridgehead atoms. The monoisotopic (exact) mass is 1040 g/mol.